The van der Waals surface area contributed by atoms with E-state index in [0.29, 0.717) is 0 Å². The lowest BCUT2D eigenvalue weighted by atomic mass is 9.93. The Morgan fingerprint density at radius 3 is 2.57 bits per heavy atom. The van der Waals surface area contributed by atoms with E-state index in [4.69, 9.17) is 0 Å². The van der Waals surface area contributed by atoms with Gasteiger partial charge in [0.2, 0.25) is 0 Å². The lowest BCUT2D eigenvalue weighted by Crippen LogP contribution is -2.51. The summed E-state index contributed by atoms with van der Waals surface area (Å²) >= 11 is 0. The van der Waals surface area contributed by atoms with Crippen LogP contribution >= 0.6 is 0 Å². The molecule has 0 radical (unpaired) electrons. The highest BCUT2D eigenvalue weighted by Gasteiger charge is 2.42. The van der Waals surface area contributed by atoms with Crippen molar-refractivity contribution in [2.24, 2.45) is 11.8 Å². The Labute approximate surface area is 129 Å². The lowest BCUT2D eigenvalue weighted by Gasteiger charge is -2.41. The minimum absolute atomic E-state index is 0.935. The molecular weight excluding hydrogens is 256 g/mol. The zero-order chi connectivity index (χ0) is 14.2. The molecule has 4 rings (SSSR count). The van der Waals surface area contributed by atoms with Crippen LogP contribution in [0.5, 0.6) is 0 Å². The van der Waals surface area contributed by atoms with Gasteiger partial charge in [0, 0.05) is 38.8 Å². The highest BCUT2D eigenvalue weighted by molar-refractivity contribution is 5.22. The Morgan fingerprint density at radius 2 is 1.90 bits per heavy atom. The maximum atomic E-state index is 2.82. The number of nitrogens with zero attached hydrogens (tertiary/aromatic N) is 2. The smallest absolute Gasteiger partial charge is 0.0234 e. The number of benzene rings is 1. The van der Waals surface area contributed by atoms with Crippen molar-refractivity contribution in [3.63, 3.8) is 0 Å². The molecule has 2 heteroatoms. The first-order valence-electron chi connectivity index (χ1n) is 8.80. The molecule has 2 nitrogen and oxygen atoms in total. The highest BCUT2D eigenvalue weighted by atomic mass is 15.3. The Kier molecular flexibility index (Phi) is 3.76. The summed E-state index contributed by atoms with van der Waals surface area (Å²) in [7, 11) is 0. The van der Waals surface area contributed by atoms with Crippen LogP contribution < -0.4 is 0 Å². The molecule has 1 heterocycles. The molecule has 0 unspecified atom stereocenters. The van der Waals surface area contributed by atoms with Crippen LogP contribution in [0.1, 0.15) is 36.8 Å². The Balaban J connectivity index is 1.31. The average Bonchev–Trinajstić information content (AvgIpc) is 3.11. The Morgan fingerprint density at radius 1 is 1.05 bits per heavy atom. The normalized spacial score (nSPS) is 33.7. The first-order valence-corrected chi connectivity index (χ1v) is 8.80. The molecule has 1 saturated heterocycles. The zero-order valence-electron chi connectivity index (χ0n) is 13.3. The molecule has 0 aromatic heterocycles. The fourth-order valence-electron chi connectivity index (χ4n) is 4.98. The van der Waals surface area contributed by atoms with E-state index in [2.05, 4.69) is 41.0 Å². The molecular formula is C19H28N2. The molecule has 1 aliphatic heterocycles. The average molecular weight is 284 g/mol. The maximum absolute atomic E-state index is 2.82. The van der Waals surface area contributed by atoms with Gasteiger partial charge in [0.25, 0.3) is 0 Å². The van der Waals surface area contributed by atoms with Gasteiger partial charge in [-0.05, 0) is 43.6 Å². The monoisotopic (exact) mass is 284 g/mol. The summed E-state index contributed by atoms with van der Waals surface area (Å²) in [5, 5.41) is 0. The molecule has 21 heavy (non-hydrogen) atoms. The number of rotatable bonds is 3. The third kappa shape index (κ3) is 2.89. The quantitative estimate of drug-likeness (QED) is 0.840. The van der Waals surface area contributed by atoms with Crippen LogP contribution in [0.4, 0.5) is 0 Å². The van der Waals surface area contributed by atoms with Crippen molar-refractivity contribution in [2.75, 3.05) is 26.2 Å². The minimum Gasteiger partial charge on any atom is -0.298 e. The molecule has 1 aromatic carbocycles. The van der Waals surface area contributed by atoms with Gasteiger partial charge in [0.05, 0.1) is 0 Å². The number of fused-ring (bicyclic) bond motifs is 2. The van der Waals surface area contributed by atoms with Gasteiger partial charge in [0.15, 0.2) is 0 Å². The molecule has 2 saturated carbocycles. The van der Waals surface area contributed by atoms with Crippen LogP contribution in [0.25, 0.3) is 0 Å². The molecule has 0 amide bonds. The van der Waals surface area contributed by atoms with Gasteiger partial charge >= 0.3 is 0 Å². The second kappa shape index (κ2) is 5.73. The van der Waals surface area contributed by atoms with E-state index in [1.165, 1.54) is 63.0 Å². The Bertz CT molecular complexity index is 490. The molecule has 1 aromatic rings. The SMILES string of the molecule is Cc1cccc(CN2CCN([C@H]3C[C@H]4CC[C@@H]3C4)CC2)c1. The van der Waals surface area contributed by atoms with Gasteiger partial charge in [-0.15, -0.1) is 0 Å². The zero-order valence-corrected chi connectivity index (χ0v) is 13.3. The predicted molar refractivity (Wildman–Crippen MR) is 87.3 cm³/mol. The van der Waals surface area contributed by atoms with E-state index in [9.17, 15) is 0 Å². The van der Waals surface area contributed by atoms with E-state index in [0.717, 1.165) is 24.4 Å². The first-order chi connectivity index (χ1) is 10.3. The summed E-state index contributed by atoms with van der Waals surface area (Å²) in [4.78, 5) is 5.45. The largest absolute Gasteiger partial charge is 0.298 e. The van der Waals surface area contributed by atoms with Gasteiger partial charge in [-0.1, -0.05) is 36.2 Å². The van der Waals surface area contributed by atoms with Gasteiger partial charge < -0.3 is 0 Å². The van der Waals surface area contributed by atoms with Gasteiger partial charge in [-0.2, -0.15) is 0 Å². The van der Waals surface area contributed by atoms with Crippen molar-refractivity contribution in [3.05, 3.63) is 35.4 Å². The van der Waals surface area contributed by atoms with Crippen LogP contribution in [0.3, 0.4) is 0 Å². The van der Waals surface area contributed by atoms with E-state index in [1.54, 1.807) is 0 Å². The van der Waals surface area contributed by atoms with Crippen molar-refractivity contribution >= 4 is 0 Å². The number of aryl methyl sites for hydroxylation is 1. The number of hydrogen-bond donors (Lipinski definition) is 0. The van der Waals surface area contributed by atoms with E-state index >= 15 is 0 Å². The summed E-state index contributed by atoms with van der Waals surface area (Å²) in [6, 6.07) is 9.93. The van der Waals surface area contributed by atoms with E-state index in [1.807, 2.05) is 0 Å². The number of hydrogen-bond acceptors (Lipinski definition) is 2. The van der Waals surface area contributed by atoms with Crippen molar-refractivity contribution in [3.8, 4) is 0 Å². The van der Waals surface area contributed by atoms with Crippen LogP contribution in [-0.4, -0.2) is 42.0 Å². The molecule has 2 bridgehead atoms. The van der Waals surface area contributed by atoms with Gasteiger partial charge in [0.1, 0.15) is 0 Å². The van der Waals surface area contributed by atoms with Crippen molar-refractivity contribution < 1.29 is 0 Å². The first kappa shape index (κ1) is 13.8. The van der Waals surface area contributed by atoms with Crippen LogP contribution in [0, 0.1) is 18.8 Å². The topological polar surface area (TPSA) is 6.48 Å². The summed E-state index contributed by atoms with van der Waals surface area (Å²) in [6.45, 7) is 8.41. The fraction of sp³-hybridized carbons (Fsp3) is 0.684. The minimum atomic E-state index is 0.935. The van der Waals surface area contributed by atoms with Crippen LogP contribution in [0.15, 0.2) is 24.3 Å². The molecule has 3 atom stereocenters. The van der Waals surface area contributed by atoms with Crippen molar-refractivity contribution in [1.82, 2.24) is 9.80 Å². The van der Waals surface area contributed by atoms with Gasteiger partial charge in [-0.3, -0.25) is 9.80 Å². The second-order valence-corrected chi connectivity index (χ2v) is 7.54. The highest BCUT2D eigenvalue weighted by Crippen LogP contribution is 2.46. The predicted octanol–water partition coefficient (Wildman–Crippen LogP) is 3.30. The van der Waals surface area contributed by atoms with Crippen molar-refractivity contribution in [2.45, 2.75) is 45.2 Å². The number of piperazine rings is 1. The van der Waals surface area contributed by atoms with E-state index < -0.39 is 0 Å². The van der Waals surface area contributed by atoms with E-state index in [-0.39, 0.29) is 0 Å². The van der Waals surface area contributed by atoms with Crippen molar-refractivity contribution in [1.29, 1.82) is 0 Å². The Hall–Kier alpha value is -0.860. The molecule has 3 aliphatic rings. The molecule has 2 aliphatic carbocycles. The molecule has 114 valence electrons. The third-order valence-electron chi connectivity index (χ3n) is 6.07. The molecule has 0 spiro atoms. The summed E-state index contributed by atoms with van der Waals surface area (Å²) in [5.41, 5.74) is 2.86. The lowest BCUT2D eigenvalue weighted by molar-refractivity contribution is 0.0679. The molecule has 0 N–H and O–H groups in total. The summed E-state index contributed by atoms with van der Waals surface area (Å²) in [5.74, 6) is 2.11. The third-order valence-corrected chi connectivity index (χ3v) is 6.07. The fourth-order valence-corrected chi connectivity index (χ4v) is 4.98. The maximum Gasteiger partial charge on any atom is 0.0234 e. The van der Waals surface area contributed by atoms with Gasteiger partial charge in [-0.25, -0.2) is 0 Å². The van der Waals surface area contributed by atoms with Crippen LogP contribution in [-0.2, 0) is 6.54 Å². The molecule has 3 fully saturated rings. The summed E-state index contributed by atoms with van der Waals surface area (Å²) < 4.78 is 0. The standard InChI is InChI=1S/C19H28N2/c1-15-3-2-4-17(11-15)14-20-7-9-21(10-8-20)19-13-16-5-6-18(19)12-16/h2-4,11,16,18-19H,5-10,12-14H2,1H3/t16-,18+,19-/m0/s1. The summed E-state index contributed by atoms with van der Waals surface area (Å²) in [6.07, 6.45) is 6.07. The second-order valence-electron chi connectivity index (χ2n) is 7.54. The van der Waals surface area contributed by atoms with Crippen LogP contribution in [0.2, 0.25) is 0 Å².